The molecule has 2 heterocycles. The maximum Gasteiger partial charge on any atom is 0.265 e. The maximum absolute atomic E-state index is 11.3. The number of fused-ring (bicyclic) bond motifs is 2. The van der Waals surface area contributed by atoms with Gasteiger partial charge in [-0.15, -0.1) is 0 Å². The normalized spacial score (nSPS) is 13.2. The number of nitrogens with one attached hydrogen (secondary N) is 1. The van der Waals surface area contributed by atoms with Crippen molar-refractivity contribution in [3.8, 4) is 0 Å². The summed E-state index contributed by atoms with van der Waals surface area (Å²) in [5.74, 6) is -0.379. The monoisotopic (exact) mass is 227 g/mol. The number of benzene rings is 1. The van der Waals surface area contributed by atoms with Gasteiger partial charge in [0.05, 0.1) is 13.1 Å². The Labute approximate surface area is 99.0 Å². The van der Waals surface area contributed by atoms with Crippen LogP contribution in [0, 0.1) is 0 Å². The lowest BCUT2D eigenvalue weighted by Crippen LogP contribution is -2.18. The minimum atomic E-state index is -0.379. The molecule has 1 aromatic carbocycles. The fourth-order valence-electron chi connectivity index (χ4n) is 2.25. The number of hydrogen-bond acceptors (Lipinski definition) is 2. The molecule has 0 saturated heterocycles. The lowest BCUT2D eigenvalue weighted by Gasteiger charge is -2.08. The molecule has 4 heteroatoms. The third-order valence-corrected chi connectivity index (χ3v) is 3.13. The highest BCUT2D eigenvalue weighted by molar-refractivity contribution is 5.91. The van der Waals surface area contributed by atoms with Gasteiger partial charge in [-0.25, -0.2) is 0 Å². The van der Waals surface area contributed by atoms with Crippen LogP contribution in [-0.2, 0) is 13.1 Å². The quantitative estimate of drug-likeness (QED) is 0.776. The average Bonchev–Trinajstić information content (AvgIpc) is 2.63. The Hall–Kier alpha value is -2.23. The number of para-hydroxylation sites is 1. The van der Waals surface area contributed by atoms with Gasteiger partial charge in [0.1, 0.15) is 5.69 Å². The molecule has 0 saturated carbocycles. The van der Waals surface area contributed by atoms with E-state index in [-0.39, 0.29) is 5.91 Å². The van der Waals surface area contributed by atoms with E-state index in [1.165, 1.54) is 5.56 Å². The van der Waals surface area contributed by atoms with E-state index in [0.29, 0.717) is 18.8 Å². The van der Waals surface area contributed by atoms with Gasteiger partial charge in [0.15, 0.2) is 0 Å². The SMILES string of the molecule is NC(=O)c1ccc2n1Cc1ccccc1NC2. The van der Waals surface area contributed by atoms with Crippen LogP contribution in [0.5, 0.6) is 0 Å². The summed E-state index contributed by atoms with van der Waals surface area (Å²) in [6.07, 6.45) is 0. The van der Waals surface area contributed by atoms with E-state index in [9.17, 15) is 4.79 Å². The van der Waals surface area contributed by atoms with E-state index >= 15 is 0 Å². The molecular formula is C13H13N3O. The molecule has 0 fully saturated rings. The predicted octanol–water partition coefficient (Wildman–Crippen LogP) is 1.56. The van der Waals surface area contributed by atoms with Gasteiger partial charge in [0, 0.05) is 11.4 Å². The Morgan fingerprint density at radius 3 is 2.88 bits per heavy atom. The van der Waals surface area contributed by atoms with E-state index in [4.69, 9.17) is 5.73 Å². The molecule has 0 aliphatic carbocycles. The predicted molar refractivity (Wildman–Crippen MR) is 65.8 cm³/mol. The fraction of sp³-hybridized carbons (Fsp3) is 0.154. The van der Waals surface area contributed by atoms with Crippen LogP contribution >= 0.6 is 0 Å². The highest BCUT2D eigenvalue weighted by Crippen LogP contribution is 2.23. The summed E-state index contributed by atoms with van der Waals surface area (Å²) in [5.41, 5.74) is 9.31. The van der Waals surface area contributed by atoms with E-state index < -0.39 is 0 Å². The summed E-state index contributed by atoms with van der Waals surface area (Å²) in [4.78, 5) is 11.3. The maximum atomic E-state index is 11.3. The van der Waals surface area contributed by atoms with Crippen molar-refractivity contribution in [3.05, 3.63) is 53.3 Å². The molecule has 1 aromatic heterocycles. The number of anilines is 1. The number of hydrogen-bond donors (Lipinski definition) is 2. The first-order valence-corrected chi connectivity index (χ1v) is 5.55. The van der Waals surface area contributed by atoms with Gasteiger partial charge in [0.25, 0.3) is 5.91 Å². The Morgan fingerprint density at radius 2 is 2.06 bits per heavy atom. The summed E-state index contributed by atoms with van der Waals surface area (Å²) in [7, 11) is 0. The van der Waals surface area contributed by atoms with Crippen molar-refractivity contribution in [2.24, 2.45) is 5.73 Å². The second kappa shape index (κ2) is 3.66. The van der Waals surface area contributed by atoms with E-state index in [0.717, 1.165) is 11.4 Å². The van der Waals surface area contributed by atoms with Crippen LogP contribution in [0.2, 0.25) is 0 Å². The largest absolute Gasteiger partial charge is 0.379 e. The molecule has 2 aromatic rings. The lowest BCUT2D eigenvalue weighted by atomic mass is 10.2. The Balaban J connectivity index is 2.11. The number of amides is 1. The summed E-state index contributed by atoms with van der Waals surface area (Å²) >= 11 is 0. The Bertz CT molecular complexity index is 586. The molecule has 0 atom stereocenters. The van der Waals surface area contributed by atoms with Gasteiger partial charge in [-0.3, -0.25) is 4.79 Å². The topological polar surface area (TPSA) is 60.1 Å². The molecule has 17 heavy (non-hydrogen) atoms. The molecule has 0 spiro atoms. The summed E-state index contributed by atoms with van der Waals surface area (Å²) in [6.45, 7) is 1.40. The number of nitrogens with zero attached hydrogens (tertiary/aromatic N) is 1. The third-order valence-electron chi connectivity index (χ3n) is 3.13. The van der Waals surface area contributed by atoms with Crippen molar-refractivity contribution in [3.63, 3.8) is 0 Å². The van der Waals surface area contributed by atoms with E-state index in [1.54, 1.807) is 6.07 Å². The standard InChI is InChI=1S/C13H13N3O/c14-13(17)12-6-5-10-7-15-11-4-2-1-3-9(11)8-16(10)12/h1-6,15H,7-8H2,(H2,14,17). The van der Waals surface area contributed by atoms with Crippen molar-refractivity contribution < 1.29 is 4.79 Å². The smallest absolute Gasteiger partial charge is 0.265 e. The van der Waals surface area contributed by atoms with Gasteiger partial charge in [-0.1, -0.05) is 18.2 Å². The van der Waals surface area contributed by atoms with Gasteiger partial charge in [-0.2, -0.15) is 0 Å². The highest BCUT2D eigenvalue weighted by atomic mass is 16.1. The average molecular weight is 227 g/mol. The second-order valence-corrected chi connectivity index (χ2v) is 4.17. The molecule has 1 aliphatic heterocycles. The van der Waals surface area contributed by atoms with Gasteiger partial charge < -0.3 is 15.6 Å². The third kappa shape index (κ3) is 1.58. The van der Waals surface area contributed by atoms with Crippen molar-refractivity contribution in [2.75, 3.05) is 5.32 Å². The van der Waals surface area contributed by atoms with Crippen LogP contribution < -0.4 is 11.1 Å². The number of carbonyl (C=O) groups excluding carboxylic acids is 1. The first-order valence-electron chi connectivity index (χ1n) is 5.55. The number of rotatable bonds is 1. The fourth-order valence-corrected chi connectivity index (χ4v) is 2.25. The highest BCUT2D eigenvalue weighted by Gasteiger charge is 2.16. The zero-order valence-electron chi connectivity index (χ0n) is 9.31. The molecule has 0 bridgehead atoms. The van der Waals surface area contributed by atoms with E-state index in [1.807, 2.05) is 28.8 Å². The minimum absolute atomic E-state index is 0.379. The van der Waals surface area contributed by atoms with Crippen molar-refractivity contribution in [1.29, 1.82) is 0 Å². The summed E-state index contributed by atoms with van der Waals surface area (Å²) in [5, 5.41) is 3.36. The Kier molecular flexibility index (Phi) is 2.14. The zero-order valence-corrected chi connectivity index (χ0v) is 9.31. The van der Waals surface area contributed by atoms with Crippen molar-refractivity contribution >= 4 is 11.6 Å². The molecule has 0 unspecified atom stereocenters. The van der Waals surface area contributed by atoms with Gasteiger partial charge in [0.2, 0.25) is 0 Å². The van der Waals surface area contributed by atoms with Gasteiger partial charge >= 0.3 is 0 Å². The molecule has 1 aliphatic rings. The van der Waals surface area contributed by atoms with Crippen LogP contribution in [-0.4, -0.2) is 10.5 Å². The molecule has 4 nitrogen and oxygen atoms in total. The Morgan fingerprint density at radius 1 is 1.24 bits per heavy atom. The first-order chi connectivity index (χ1) is 8.25. The summed E-state index contributed by atoms with van der Waals surface area (Å²) in [6, 6.07) is 11.8. The van der Waals surface area contributed by atoms with Crippen LogP contribution in [0.3, 0.4) is 0 Å². The minimum Gasteiger partial charge on any atom is -0.379 e. The van der Waals surface area contributed by atoms with Crippen LogP contribution in [0.15, 0.2) is 36.4 Å². The lowest BCUT2D eigenvalue weighted by molar-refractivity contribution is 0.0991. The zero-order chi connectivity index (χ0) is 11.8. The van der Waals surface area contributed by atoms with Crippen LogP contribution in [0.25, 0.3) is 0 Å². The van der Waals surface area contributed by atoms with E-state index in [2.05, 4.69) is 11.4 Å². The molecular weight excluding hydrogens is 214 g/mol. The number of primary amides is 1. The molecule has 0 radical (unpaired) electrons. The van der Waals surface area contributed by atoms with Crippen LogP contribution in [0.4, 0.5) is 5.69 Å². The second-order valence-electron chi connectivity index (χ2n) is 4.17. The van der Waals surface area contributed by atoms with Crippen molar-refractivity contribution in [2.45, 2.75) is 13.1 Å². The molecule has 3 rings (SSSR count). The molecule has 86 valence electrons. The number of carbonyl (C=O) groups is 1. The molecule has 3 N–H and O–H groups in total. The first kappa shape index (κ1) is 9.96. The molecule has 1 amide bonds. The summed E-state index contributed by atoms with van der Waals surface area (Å²) < 4.78 is 1.97. The number of nitrogens with two attached hydrogens (primary N) is 1. The van der Waals surface area contributed by atoms with Crippen molar-refractivity contribution in [1.82, 2.24) is 4.57 Å². The van der Waals surface area contributed by atoms with Gasteiger partial charge in [-0.05, 0) is 23.8 Å². The van der Waals surface area contributed by atoms with Crippen LogP contribution in [0.1, 0.15) is 21.7 Å². The number of aromatic nitrogens is 1.